The number of aromatic nitrogens is 4. The maximum atomic E-state index is 12.5. The van der Waals surface area contributed by atoms with Crippen molar-refractivity contribution in [3.63, 3.8) is 0 Å². The molecule has 138 valence electrons. The van der Waals surface area contributed by atoms with Crippen LogP contribution in [0.1, 0.15) is 62.6 Å². The Kier molecular flexibility index (Phi) is 5.53. The van der Waals surface area contributed by atoms with Crippen LogP contribution in [-0.2, 0) is 4.79 Å². The predicted octanol–water partition coefficient (Wildman–Crippen LogP) is 3.54. The van der Waals surface area contributed by atoms with Gasteiger partial charge in [-0.1, -0.05) is 61.4 Å². The van der Waals surface area contributed by atoms with E-state index in [9.17, 15) is 4.79 Å². The van der Waals surface area contributed by atoms with Gasteiger partial charge in [-0.15, -0.1) is 5.10 Å². The number of hydrogen-bond acceptors (Lipinski definition) is 5. The molecule has 7 heteroatoms. The van der Waals surface area contributed by atoms with Crippen LogP contribution in [0.4, 0.5) is 0 Å². The van der Waals surface area contributed by atoms with Crippen molar-refractivity contribution in [1.29, 1.82) is 0 Å². The molecule has 2 saturated carbocycles. The van der Waals surface area contributed by atoms with E-state index in [0.717, 1.165) is 18.0 Å². The molecule has 26 heavy (non-hydrogen) atoms. The molecule has 1 aromatic carbocycles. The zero-order valence-corrected chi connectivity index (χ0v) is 15.7. The summed E-state index contributed by atoms with van der Waals surface area (Å²) in [7, 11) is 0. The molecule has 0 saturated heterocycles. The van der Waals surface area contributed by atoms with Gasteiger partial charge in [-0.3, -0.25) is 4.79 Å². The molecule has 1 N–H and O–H groups in total. The van der Waals surface area contributed by atoms with Crippen molar-refractivity contribution >= 4 is 17.7 Å². The lowest BCUT2D eigenvalue weighted by molar-refractivity contribution is -0.119. The molecule has 1 atom stereocenters. The molecule has 0 radical (unpaired) electrons. The van der Waals surface area contributed by atoms with Crippen molar-refractivity contribution in [3.05, 3.63) is 35.9 Å². The smallest absolute Gasteiger partial charge is 0.230 e. The Morgan fingerprint density at radius 3 is 2.65 bits per heavy atom. The van der Waals surface area contributed by atoms with Gasteiger partial charge >= 0.3 is 0 Å². The van der Waals surface area contributed by atoms with Crippen LogP contribution < -0.4 is 5.32 Å². The highest BCUT2D eigenvalue weighted by atomic mass is 32.2. The van der Waals surface area contributed by atoms with Gasteiger partial charge in [-0.25, -0.2) is 4.68 Å². The van der Waals surface area contributed by atoms with Crippen LogP contribution in [0.3, 0.4) is 0 Å². The fourth-order valence-corrected chi connectivity index (χ4v) is 4.50. The second-order valence-electron chi connectivity index (χ2n) is 7.28. The molecule has 1 heterocycles. The van der Waals surface area contributed by atoms with Crippen LogP contribution in [0.2, 0.25) is 0 Å². The number of hydrogen-bond donors (Lipinski definition) is 1. The molecule has 2 aliphatic rings. The molecule has 2 aromatic rings. The van der Waals surface area contributed by atoms with Crippen LogP contribution in [0.5, 0.6) is 0 Å². The van der Waals surface area contributed by atoms with Gasteiger partial charge in [0.1, 0.15) is 0 Å². The molecule has 0 aliphatic heterocycles. The number of carbonyl (C=O) groups is 1. The summed E-state index contributed by atoms with van der Waals surface area (Å²) in [5, 5.41) is 16.1. The summed E-state index contributed by atoms with van der Waals surface area (Å²) in [6.07, 6.45) is 8.39. The van der Waals surface area contributed by atoms with Gasteiger partial charge < -0.3 is 5.32 Å². The van der Waals surface area contributed by atoms with Gasteiger partial charge in [-0.05, 0) is 47.6 Å². The van der Waals surface area contributed by atoms with Crippen LogP contribution in [0, 0.1) is 5.92 Å². The summed E-state index contributed by atoms with van der Waals surface area (Å²) < 4.78 is 1.92. The van der Waals surface area contributed by atoms with Gasteiger partial charge in [0.15, 0.2) is 0 Å². The number of rotatable bonds is 7. The summed E-state index contributed by atoms with van der Waals surface area (Å²) in [5.74, 6) is 0.969. The third-order valence-electron chi connectivity index (χ3n) is 5.28. The van der Waals surface area contributed by atoms with Gasteiger partial charge in [-0.2, -0.15) is 0 Å². The quantitative estimate of drug-likeness (QED) is 0.754. The zero-order chi connectivity index (χ0) is 17.8. The second-order valence-corrected chi connectivity index (χ2v) is 8.22. The third-order valence-corrected chi connectivity index (χ3v) is 6.22. The average Bonchev–Trinajstić information content (AvgIpc) is 3.42. The number of carbonyl (C=O) groups excluding carboxylic acids is 1. The summed E-state index contributed by atoms with van der Waals surface area (Å²) in [4.78, 5) is 12.5. The lowest BCUT2D eigenvalue weighted by Gasteiger charge is -2.22. The Balaban J connectivity index is 1.35. The van der Waals surface area contributed by atoms with Crippen LogP contribution >= 0.6 is 11.8 Å². The Morgan fingerprint density at radius 2 is 1.92 bits per heavy atom. The Hall–Kier alpha value is -1.89. The van der Waals surface area contributed by atoms with Gasteiger partial charge in [0.2, 0.25) is 11.1 Å². The van der Waals surface area contributed by atoms with E-state index >= 15 is 0 Å². The molecule has 0 spiro atoms. The van der Waals surface area contributed by atoms with E-state index in [2.05, 4.69) is 33.0 Å². The van der Waals surface area contributed by atoms with Gasteiger partial charge in [0.05, 0.1) is 17.8 Å². The normalized spacial score (nSPS) is 19.2. The highest BCUT2D eigenvalue weighted by Gasteiger charge is 2.33. The van der Waals surface area contributed by atoms with Crippen molar-refractivity contribution < 1.29 is 4.79 Å². The zero-order valence-electron chi connectivity index (χ0n) is 14.9. The van der Waals surface area contributed by atoms with Crippen molar-refractivity contribution in [2.75, 3.05) is 5.75 Å². The van der Waals surface area contributed by atoms with E-state index in [1.54, 1.807) is 0 Å². The molecular formula is C19H25N5OS. The first-order valence-electron chi connectivity index (χ1n) is 9.56. The van der Waals surface area contributed by atoms with Gasteiger partial charge in [0.25, 0.3) is 0 Å². The summed E-state index contributed by atoms with van der Waals surface area (Å²) in [6, 6.07) is 10.8. The van der Waals surface area contributed by atoms with E-state index in [-0.39, 0.29) is 11.9 Å². The van der Waals surface area contributed by atoms with Crippen molar-refractivity contribution in [1.82, 2.24) is 25.5 Å². The van der Waals surface area contributed by atoms with Crippen LogP contribution in [-0.4, -0.2) is 31.9 Å². The van der Waals surface area contributed by atoms with E-state index in [4.69, 9.17) is 0 Å². The number of tetrazole rings is 1. The molecular weight excluding hydrogens is 346 g/mol. The van der Waals surface area contributed by atoms with Crippen molar-refractivity contribution in [2.45, 2.75) is 62.2 Å². The molecule has 6 nitrogen and oxygen atoms in total. The monoisotopic (exact) mass is 371 g/mol. The highest BCUT2D eigenvalue weighted by Crippen LogP contribution is 2.41. The maximum Gasteiger partial charge on any atom is 0.230 e. The molecule has 2 fully saturated rings. The first kappa shape index (κ1) is 17.5. The van der Waals surface area contributed by atoms with E-state index < -0.39 is 0 Å². The largest absolute Gasteiger partial charge is 0.348 e. The predicted molar refractivity (Wildman–Crippen MR) is 101 cm³/mol. The minimum atomic E-state index is 0.0500. The molecule has 1 aromatic heterocycles. The number of benzene rings is 1. The number of thioether (sulfide) groups is 1. The second kappa shape index (κ2) is 8.20. The fraction of sp³-hybridized carbons (Fsp3) is 0.579. The fourth-order valence-electron chi connectivity index (χ4n) is 3.74. The van der Waals surface area contributed by atoms with Gasteiger partial charge in [0, 0.05) is 0 Å². The SMILES string of the molecule is O=C(CSc1nnnn1C1CCCCC1)NC(c1ccccc1)C1CC1. The van der Waals surface area contributed by atoms with Crippen LogP contribution in [0.25, 0.3) is 0 Å². The Morgan fingerprint density at radius 1 is 1.15 bits per heavy atom. The average molecular weight is 372 g/mol. The van der Waals surface area contributed by atoms with Crippen molar-refractivity contribution in [3.8, 4) is 0 Å². The number of amides is 1. The lowest BCUT2D eigenvalue weighted by atomic mass is 9.96. The maximum absolute atomic E-state index is 12.5. The Bertz CT molecular complexity index is 725. The first-order valence-corrected chi connectivity index (χ1v) is 10.5. The topological polar surface area (TPSA) is 72.7 Å². The number of nitrogens with one attached hydrogen (secondary N) is 1. The molecule has 2 aliphatic carbocycles. The number of nitrogens with zero attached hydrogens (tertiary/aromatic N) is 4. The highest BCUT2D eigenvalue weighted by molar-refractivity contribution is 7.99. The minimum Gasteiger partial charge on any atom is -0.348 e. The molecule has 0 bridgehead atoms. The molecule has 1 amide bonds. The molecule has 4 rings (SSSR count). The van der Waals surface area contributed by atoms with E-state index in [1.807, 2.05) is 22.9 Å². The lowest BCUT2D eigenvalue weighted by Crippen LogP contribution is -2.31. The minimum absolute atomic E-state index is 0.0500. The van der Waals surface area contributed by atoms with Crippen LogP contribution in [0.15, 0.2) is 35.5 Å². The standard InChI is InChI=1S/C19H25N5OS/c25-17(20-18(15-11-12-15)14-7-3-1-4-8-14)13-26-19-21-22-23-24(19)16-9-5-2-6-10-16/h1,3-4,7-8,15-16,18H,2,5-6,9-13H2,(H,20,25). The summed E-state index contributed by atoms with van der Waals surface area (Å²) in [6.45, 7) is 0. The summed E-state index contributed by atoms with van der Waals surface area (Å²) in [5.41, 5.74) is 1.19. The molecule has 1 unspecified atom stereocenters. The first-order chi connectivity index (χ1) is 12.8. The van der Waals surface area contributed by atoms with Crippen molar-refractivity contribution in [2.24, 2.45) is 5.92 Å². The van der Waals surface area contributed by atoms with E-state index in [1.165, 1.54) is 49.4 Å². The third kappa shape index (κ3) is 4.26. The Labute approximate surface area is 158 Å². The van der Waals surface area contributed by atoms with E-state index in [0.29, 0.717) is 17.7 Å². The summed E-state index contributed by atoms with van der Waals surface area (Å²) >= 11 is 1.44.